The van der Waals surface area contributed by atoms with Gasteiger partial charge in [0.15, 0.2) is 0 Å². The Labute approximate surface area is 151 Å². The predicted molar refractivity (Wildman–Crippen MR) is 93.3 cm³/mol. The standard InChI is InChI=1S/C15H18BrClN2O5/c1-2-3-13(20)23-8-11-10(17)6-12(24-11)19-7-9(4-5-16)14(21)18-15(19)22/h4-5,7,10-12H,2-3,6,8H2,1H3,(H,18,21,22)/b5-4+/t10-,11+,12+/m0/s1. The van der Waals surface area contributed by atoms with Crippen LogP contribution in [0.4, 0.5) is 0 Å². The van der Waals surface area contributed by atoms with Crippen molar-refractivity contribution in [3.05, 3.63) is 37.6 Å². The quantitative estimate of drug-likeness (QED) is 0.561. The van der Waals surface area contributed by atoms with Crippen molar-refractivity contribution in [1.82, 2.24) is 9.55 Å². The largest absolute Gasteiger partial charge is 0.463 e. The topological polar surface area (TPSA) is 90.4 Å². The van der Waals surface area contributed by atoms with Gasteiger partial charge in [-0.15, -0.1) is 11.6 Å². The summed E-state index contributed by atoms with van der Waals surface area (Å²) in [5, 5.41) is -0.404. The summed E-state index contributed by atoms with van der Waals surface area (Å²) in [7, 11) is 0. The van der Waals surface area contributed by atoms with E-state index in [0.29, 0.717) is 24.8 Å². The zero-order valence-electron chi connectivity index (χ0n) is 13.0. The number of alkyl halides is 1. The van der Waals surface area contributed by atoms with E-state index in [1.54, 1.807) is 0 Å². The van der Waals surface area contributed by atoms with Crippen molar-refractivity contribution in [2.45, 2.75) is 43.9 Å². The molecule has 1 fully saturated rings. The first-order valence-electron chi connectivity index (χ1n) is 7.53. The molecule has 24 heavy (non-hydrogen) atoms. The number of halogens is 2. The summed E-state index contributed by atoms with van der Waals surface area (Å²) in [4.78, 5) is 38.9. The van der Waals surface area contributed by atoms with Crippen molar-refractivity contribution in [3.63, 3.8) is 0 Å². The van der Waals surface area contributed by atoms with Crippen molar-refractivity contribution in [3.8, 4) is 0 Å². The van der Waals surface area contributed by atoms with Crippen LogP contribution in [0.15, 0.2) is 20.8 Å². The van der Waals surface area contributed by atoms with Gasteiger partial charge >= 0.3 is 11.7 Å². The van der Waals surface area contributed by atoms with Gasteiger partial charge in [0.25, 0.3) is 5.56 Å². The van der Waals surface area contributed by atoms with Crippen LogP contribution in [0.25, 0.3) is 6.08 Å². The number of hydrogen-bond donors (Lipinski definition) is 1. The third-order valence-electron chi connectivity index (χ3n) is 3.57. The van der Waals surface area contributed by atoms with Gasteiger partial charge < -0.3 is 9.47 Å². The molecule has 1 aromatic heterocycles. The van der Waals surface area contributed by atoms with Crippen molar-refractivity contribution < 1.29 is 14.3 Å². The summed E-state index contributed by atoms with van der Waals surface area (Å²) in [6.07, 6.45) is 3.20. The molecule has 0 bridgehead atoms. The van der Waals surface area contributed by atoms with E-state index in [1.165, 1.54) is 21.8 Å². The molecule has 0 amide bonds. The maximum absolute atomic E-state index is 12.0. The minimum atomic E-state index is -0.630. The fourth-order valence-electron chi connectivity index (χ4n) is 2.36. The lowest BCUT2D eigenvalue weighted by Crippen LogP contribution is -2.33. The summed E-state index contributed by atoms with van der Waals surface area (Å²) < 4.78 is 12.1. The molecule has 2 heterocycles. The van der Waals surface area contributed by atoms with Crippen molar-refractivity contribution in [1.29, 1.82) is 0 Å². The molecule has 0 aliphatic carbocycles. The number of aromatic nitrogens is 2. The summed E-state index contributed by atoms with van der Waals surface area (Å²) in [5.41, 5.74) is -0.763. The number of H-pyrrole nitrogens is 1. The van der Waals surface area contributed by atoms with Crippen LogP contribution in [-0.4, -0.2) is 33.6 Å². The number of nitrogens with one attached hydrogen (secondary N) is 1. The lowest BCUT2D eigenvalue weighted by molar-refractivity contribution is -0.148. The number of carbonyl (C=O) groups excluding carboxylic acids is 1. The van der Waals surface area contributed by atoms with E-state index in [1.807, 2.05) is 6.92 Å². The van der Waals surface area contributed by atoms with Gasteiger partial charge in [-0.25, -0.2) is 4.79 Å². The van der Waals surface area contributed by atoms with Gasteiger partial charge in [0.1, 0.15) is 18.9 Å². The highest BCUT2D eigenvalue weighted by atomic mass is 79.9. The van der Waals surface area contributed by atoms with Gasteiger partial charge in [-0.1, -0.05) is 22.9 Å². The van der Waals surface area contributed by atoms with E-state index in [0.717, 1.165) is 0 Å². The molecule has 1 saturated heterocycles. The van der Waals surface area contributed by atoms with Crippen LogP contribution < -0.4 is 11.2 Å². The zero-order valence-corrected chi connectivity index (χ0v) is 15.4. The monoisotopic (exact) mass is 420 g/mol. The first kappa shape index (κ1) is 19.0. The fourth-order valence-corrected chi connectivity index (χ4v) is 2.93. The second kappa shape index (κ2) is 8.64. The minimum absolute atomic E-state index is 0.0375. The Morgan fingerprint density at radius 3 is 3.00 bits per heavy atom. The fraction of sp³-hybridized carbons (Fsp3) is 0.533. The van der Waals surface area contributed by atoms with Crippen molar-refractivity contribution >= 4 is 39.6 Å². The molecule has 0 radical (unpaired) electrons. The number of ether oxygens (including phenoxy) is 2. The molecule has 1 aliphatic heterocycles. The predicted octanol–water partition coefficient (Wildman–Crippen LogP) is 2.14. The molecule has 1 aliphatic rings. The highest BCUT2D eigenvalue weighted by Gasteiger charge is 2.36. The van der Waals surface area contributed by atoms with Crippen molar-refractivity contribution in [2.75, 3.05) is 6.61 Å². The van der Waals surface area contributed by atoms with Crippen molar-refractivity contribution in [2.24, 2.45) is 0 Å². The highest BCUT2D eigenvalue weighted by molar-refractivity contribution is 9.11. The van der Waals surface area contributed by atoms with Crippen LogP contribution in [-0.2, 0) is 14.3 Å². The third kappa shape index (κ3) is 4.58. The highest BCUT2D eigenvalue weighted by Crippen LogP contribution is 2.31. The Kier molecular flexibility index (Phi) is 6.82. The molecule has 0 unspecified atom stereocenters. The first-order valence-corrected chi connectivity index (χ1v) is 8.88. The van der Waals surface area contributed by atoms with E-state index in [9.17, 15) is 14.4 Å². The lowest BCUT2D eigenvalue weighted by Gasteiger charge is -2.16. The minimum Gasteiger partial charge on any atom is -0.463 e. The molecule has 2 rings (SSSR count). The second-order valence-corrected chi connectivity index (χ2v) is 6.45. The van der Waals surface area contributed by atoms with Crippen LogP contribution in [0.2, 0.25) is 0 Å². The Balaban J connectivity index is 2.11. The van der Waals surface area contributed by atoms with E-state index in [2.05, 4.69) is 20.9 Å². The normalized spacial score (nSPS) is 23.7. The second-order valence-electron chi connectivity index (χ2n) is 5.36. The Hall–Kier alpha value is -1.38. The maximum atomic E-state index is 12.0. The lowest BCUT2D eigenvalue weighted by atomic mass is 10.2. The number of carbonyl (C=O) groups is 1. The van der Waals surface area contributed by atoms with Gasteiger partial charge in [0.2, 0.25) is 0 Å². The van der Waals surface area contributed by atoms with E-state index < -0.39 is 29.0 Å². The SMILES string of the molecule is CCCC(=O)OC[C@H]1O[C@@H](n2cc(/C=C/Br)c(=O)[nH]c2=O)C[C@@H]1Cl. The molecular formula is C15H18BrClN2O5. The number of esters is 1. The van der Waals surface area contributed by atoms with Crippen LogP contribution in [0.3, 0.4) is 0 Å². The van der Waals surface area contributed by atoms with Gasteiger partial charge in [0, 0.05) is 19.0 Å². The molecule has 9 heteroatoms. The van der Waals surface area contributed by atoms with Crippen LogP contribution in [0.1, 0.15) is 38.0 Å². The van der Waals surface area contributed by atoms with Gasteiger partial charge in [-0.3, -0.25) is 19.1 Å². The average Bonchev–Trinajstić information content (AvgIpc) is 2.89. The average molecular weight is 422 g/mol. The molecule has 7 nitrogen and oxygen atoms in total. The number of rotatable bonds is 6. The van der Waals surface area contributed by atoms with E-state index >= 15 is 0 Å². The number of nitrogens with zero attached hydrogens (tertiary/aromatic N) is 1. The van der Waals surface area contributed by atoms with Crippen LogP contribution in [0, 0.1) is 0 Å². The van der Waals surface area contributed by atoms with Gasteiger partial charge in [0.05, 0.1) is 10.9 Å². The summed E-state index contributed by atoms with van der Waals surface area (Å²) >= 11 is 9.33. The number of hydrogen-bond acceptors (Lipinski definition) is 5. The molecule has 132 valence electrons. The zero-order chi connectivity index (χ0) is 17.7. The smallest absolute Gasteiger partial charge is 0.330 e. The van der Waals surface area contributed by atoms with E-state index in [-0.39, 0.29) is 12.6 Å². The summed E-state index contributed by atoms with van der Waals surface area (Å²) in [5.74, 6) is -0.306. The Bertz CT molecular complexity index is 729. The van der Waals surface area contributed by atoms with Gasteiger partial charge in [-0.05, 0) is 17.5 Å². The molecule has 3 atom stereocenters. The van der Waals surface area contributed by atoms with Crippen LogP contribution in [0.5, 0.6) is 0 Å². The third-order valence-corrected chi connectivity index (χ3v) is 4.30. The maximum Gasteiger partial charge on any atom is 0.330 e. The molecule has 1 N–H and O–H groups in total. The van der Waals surface area contributed by atoms with Gasteiger partial charge in [-0.2, -0.15) is 0 Å². The molecular weight excluding hydrogens is 404 g/mol. The first-order chi connectivity index (χ1) is 11.5. The Morgan fingerprint density at radius 1 is 1.58 bits per heavy atom. The number of aromatic amines is 1. The molecule has 0 spiro atoms. The molecule has 1 aromatic rings. The Morgan fingerprint density at radius 2 is 2.33 bits per heavy atom. The van der Waals surface area contributed by atoms with E-state index in [4.69, 9.17) is 21.1 Å². The summed E-state index contributed by atoms with van der Waals surface area (Å²) in [6, 6.07) is 0. The molecule has 0 aromatic carbocycles. The van der Waals surface area contributed by atoms with Crippen LogP contribution >= 0.6 is 27.5 Å². The summed E-state index contributed by atoms with van der Waals surface area (Å²) in [6.45, 7) is 1.92. The molecule has 0 saturated carbocycles.